The third-order valence-electron chi connectivity index (χ3n) is 5.51. The van der Waals surface area contributed by atoms with E-state index in [1.807, 2.05) is 19.9 Å². The Morgan fingerprint density at radius 1 is 1.27 bits per heavy atom. The number of carbonyl (C=O) groups excluding carboxylic acids is 1. The zero-order valence-electron chi connectivity index (χ0n) is 19.0. The van der Waals surface area contributed by atoms with Crippen LogP contribution in [0.2, 0.25) is 0 Å². The number of amides is 1. The van der Waals surface area contributed by atoms with Crippen LogP contribution in [0.3, 0.4) is 0 Å². The Morgan fingerprint density at radius 3 is 2.82 bits per heavy atom. The maximum absolute atomic E-state index is 13.3. The van der Waals surface area contributed by atoms with E-state index in [0.29, 0.717) is 45.3 Å². The van der Waals surface area contributed by atoms with Crippen LogP contribution in [0.1, 0.15) is 25.8 Å². The first-order valence-corrected chi connectivity index (χ1v) is 12.5. The van der Waals surface area contributed by atoms with Gasteiger partial charge in [-0.3, -0.25) is 23.8 Å². The molecule has 2 aromatic rings. The van der Waals surface area contributed by atoms with E-state index in [2.05, 4.69) is 15.2 Å². The molecule has 0 aliphatic carbocycles. The van der Waals surface area contributed by atoms with Crippen molar-refractivity contribution in [1.82, 2.24) is 19.2 Å². The van der Waals surface area contributed by atoms with Crippen LogP contribution in [0, 0.1) is 5.92 Å². The van der Waals surface area contributed by atoms with E-state index in [4.69, 9.17) is 17.0 Å². The molecule has 4 rings (SSSR count). The Morgan fingerprint density at radius 2 is 2.06 bits per heavy atom. The standard InChI is InChI=1S/C23H29N5O3S2/c1-16(2)15-28-22(30)18(33-23(28)32)14-17-20(24-7-5-8-26-10-12-31-13-11-26)25-19-6-3-4-9-27(19)21(17)29/h3-4,6,9,14,16,24H,5,7-8,10-13,15H2,1-2H3. The number of aromatic nitrogens is 2. The highest BCUT2D eigenvalue weighted by atomic mass is 32.2. The van der Waals surface area contributed by atoms with E-state index in [-0.39, 0.29) is 11.5 Å². The van der Waals surface area contributed by atoms with E-state index >= 15 is 0 Å². The summed E-state index contributed by atoms with van der Waals surface area (Å²) in [5.74, 6) is 0.625. The highest BCUT2D eigenvalue weighted by Gasteiger charge is 2.32. The number of carbonyl (C=O) groups is 1. The van der Waals surface area contributed by atoms with Gasteiger partial charge in [-0.2, -0.15) is 0 Å². The number of anilines is 1. The van der Waals surface area contributed by atoms with Gasteiger partial charge in [0.15, 0.2) is 0 Å². The number of thioether (sulfide) groups is 1. The molecule has 2 aliphatic rings. The molecule has 2 fully saturated rings. The number of nitrogens with zero attached hydrogens (tertiary/aromatic N) is 4. The first-order chi connectivity index (χ1) is 15.9. The second kappa shape index (κ2) is 10.8. The maximum atomic E-state index is 13.3. The number of thiocarbonyl (C=S) groups is 1. The van der Waals surface area contributed by atoms with Gasteiger partial charge in [-0.1, -0.05) is 43.9 Å². The molecule has 2 aliphatic heterocycles. The molecular weight excluding hydrogens is 458 g/mol. The summed E-state index contributed by atoms with van der Waals surface area (Å²) in [6, 6.07) is 5.43. The van der Waals surface area contributed by atoms with Gasteiger partial charge in [0, 0.05) is 32.4 Å². The Labute approximate surface area is 203 Å². The Balaban J connectivity index is 1.59. The average molecular weight is 488 g/mol. The monoisotopic (exact) mass is 487 g/mol. The summed E-state index contributed by atoms with van der Waals surface area (Å²) in [6.07, 6.45) is 4.23. The highest BCUT2D eigenvalue weighted by molar-refractivity contribution is 8.26. The second-order valence-corrected chi connectivity index (χ2v) is 10.2. The zero-order valence-corrected chi connectivity index (χ0v) is 20.6. The molecule has 0 unspecified atom stereocenters. The van der Waals surface area contributed by atoms with Gasteiger partial charge in [-0.05, 0) is 37.1 Å². The first kappa shape index (κ1) is 23.9. The summed E-state index contributed by atoms with van der Waals surface area (Å²) < 4.78 is 7.42. The van der Waals surface area contributed by atoms with Crippen molar-refractivity contribution in [2.24, 2.45) is 5.92 Å². The molecule has 10 heteroatoms. The van der Waals surface area contributed by atoms with Crippen molar-refractivity contribution in [3.05, 3.63) is 45.2 Å². The lowest BCUT2D eigenvalue weighted by molar-refractivity contribution is -0.122. The SMILES string of the molecule is CC(C)CN1C(=O)C(=Cc2c(NCCCN3CCOCC3)nc3ccccn3c2=O)SC1=S. The fourth-order valence-corrected chi connectivity index (χ4v) is 5.11. The smallest absolute Gasteiger partial charge is 0.267 e. The van der Waals surface area contributed by atoms with E-state index < -0.39 is 0 Å². The van der Waals surface area contributed by atoms with Crippen LogP contribution in [-0.2, 0) is 9.53 Å². The molecule has 0 radical (unpaired) electrons. The molecule has 176 valence electrons. The van der Waals surface area contributed by atoms with Crippen molar-refractivity contribution in [3.8, 4) is 0 Å². The normalized spacial score (nSPS) is 18.8. The van der Waals surface area contributed by atoms with E-state index in [9.17, 15) is 9.59 Å². The minimum absolute atomic E-state index is 0.158. The molecule has 2 saturated heterocycles. The van der Waals surface area contributed by atoms with Gasteiger partial charge in [0.1, 0.15) is 15.8 Å². The van der Waals surface area contributed by atoms with Gasteiger partial charge in [-0.15, -0.1) is 0 Å². The molecule has 33 heavy (non-hydrogen) atoms. The van der Waals surface area contributed by atoms with Crippen LogP contribution in [0.15, 0.2) is 34.1 Å². The summed E-state index contributed by atoms with van der Waals surface area (Å²) >= 11 is 6.65. The molecule has 0 bridgehead atoms. The number of nitrogens with one attached hydrogen (secondary N) is 1. The Kier molecular flexibility index (Phi) is 7.79. The number of hydrogen-bond donors (Lipinski definition) is 1. The van der Waals surface area contributed by atoms with Gasteiger partial charge < -0.3 is 10.1 Å². The van der Waals surface area contributed by atoms with Crippen LogP contribution in [0.4, 0.5) is 5.82 Å². The predicted octanol–water partition coefficient (Wildman–Crippen LogP) is 2.69. The van der Waals surface area contributed by atoms with Crippen molar-refractivity contribution in [1.29, 1.82) is 0 Å². The molecule has 4 heterocycles. The van der Waals surface area contributed by atoms with Crippen molar-refractivity contribution in [3.63, 3.8) is 0 Å². The molecular formula is C23H29N5O3S2. The topological polar surface area (TPSA) is 79.2 Å². The number of ether oxygens (including phenoxy) is 1. The minimum Gasteiger partial charge on any atom is -0.379 e. The van der Waals surface area contributed by atoms with Crippen LogP contribution in [0.5, 0.6) is 0 Å². The number of rotatable bonds is 8. The Hall–Kier alpha value is -2.27. The van der Waals surface area contributed by atoms with Crippen molar-refractivity contribution < 1.29 is 9.53 Å². The first-order valence-electron chi connectivity index (χ1n) is 11.2. The molecule has 1 N–H and O–H groups in total. The highest BCUT2D eigenvalue weighted by Crippen LogP contribution is 2.33. The minimum atomic E-state index is -0.217. The molecule has 0 atom stereocenters. The summed E-state index contributed by atoms with van der Waals surface area (Å²) in [6.45, 7) is 9.70. The van der Waals surface area contributed by atoms with Gasteiger partial charge in [0.05, 0.1) is 23.7 Å². The van der Waals surface area contributed by atoms with Gasteiger partial charge >= 0.3 is 0 Å². The van der Waals surface area contributed by atoms with Crippen LogP contribution < -0.4 is 10.9 Å². The van der Waals surface area contributed by atoms with E-state index in [1.54, 1.807) is 29.3 Å². The second-order valence-electron chi connectivity index (χ2n) is 8.53. The van der Waals surface area contributed by atoms with Crippen molar-refractivity contribution >= 4 is 51.7 Å². The molecule has 0 spiro atoms. The van der Waals surface area contributed by atoms with Crippen molar-refractivity contribution in [2.45, 2.75) is 20.3 Å². The quantitative estimate of drug-likeness (QED) is 0.346. The summed E-state index contributed by atoms with van der Waals surface area (Å²) in [4.78, 5) is 35.4. The summed E-state index contributed by atoms with van der Waals surface area (Å²) in [5.41, 5.74) is 0.711. The molecule has 0 saturated carbocycles. The van der Waals surface area contributed by atoms with Crippen molar-refractivity contribution in [2.75, 3.05) is 51.3 Å². The predicted molar refractivity (Wildman–Crippen MR) is 137 cm³/mol. The van der Waals surface area contributed by atoms with Gasteiger partial charge in [0.25, 0.3) is 11.5 Å². The number of morpholine rings is 1. The largest absolute Gasteiger partial charge is 0.379 e. The number of fused-ring (bicyclic) bond motifs is 1. The van der Waals surface area contributed by atoms with Gasteiger partial charge in [0.2, 0.25) is 0 Å². The average Bonchev–Trinajstić information content (AvgIpc) is 3.06. The lowest BCUT2D eigenvalue weighted by atomic mass is 10.2. The number of hydrogen-bond acceptors (Lipinski definition) is 8. The lowest BCUT2D eigenvalue weighted by Crippen LogP contribution is -2.37. The lowest BCUT2D eigenvalue weighted by Gasteiger charge is -2.26. The third kappa shape index (κ3) is 5.63. The third-order valence-corrected chi connectivity index (χ3v) is 6.89. The van der Waals surface area contributed by atoms with Crippen LogP contribution >= 0.6 is 24.0 Å². The number of pyridine rings is 1. The summed E-state index contributed by atoms with van der Waals surface area (Å²) in [5, 5.41) is 3.34. The fraction of sp³-hybridized carbons (Fsp3) is 0.478. The maximum Gasteiger partial charge on any atom is 0.267 e. The molecule has 0 aromatic carbocycles. The van der Waals surface area contributed by atoms with E-state index in [0.717, 1.165) is 39.3 Å². The van der Waals surface area contributed by atoms with Crippen LogP contribution in [0.25, 0.3) is 11.7 Å². The van der Waals surface area contributed by atoms with Crippen LogP contribution in [-0.4, -0.2) is 75.3 Å². The van der Waals surface area contributed by atoms with Gasteiger partial charge in [-0.25, -0.2) is 4.98 Å². The fourth-order valence-electron chi connectivity index (χ4n) is 3.86. The summed E-state index contributed by atoms with van der Waals surface area (Å²) in [7, 11) is 0. The zero-order chi connectivity index (χ0) is 23.4. The van der Waals surface area contributed by atoms with E-state index in [1.165, 1.54) is 16.2 Å². The molecule has 2 aromatic heterocycles. The molecule has 1 amide bonds. The Bertz CT molecular complexity index is 1120. The molecule has 8 nitrogen and oxygen atoms in total.